The molecule has 3 heteroatoms. The van der Waals surface area contributed by atoms with E-state index >= 15 is 0 Å². The molecule has 0 saturated heterocycles. The molecule has 0 aliphatic heterocycles. The highest BCUT2D eigenvalue weighted by atomic mass is 16.5. The van der Waals surface area contributed by atoms with E-state index in [2.05, 4.69) is 5.73 Å². The van der Waals surface area contributed by atoms with Crippen LogP contribution in [-0.2, 0) is 9.53 Å². The van der Waals surface area contributed by atoms with Gasteiger partial charge >= 0.3 is 5.97 Å². The minimum atomic E-state index is -0.208. The normalized spacial score (nSPS) is 15.6. The highest BCUT2D eigenvalue weighted by Gasteiger charge is 2.23. The van der Waals surface area contributed by atoms with Crippen molar-refractivity contribution in [3.8, 4) is 0 Å². The second-order valence-electron chi connectivity index (χ2n) is 2.74. The summed E-state index contributed by atoms with van der Waals surface area (Å²) in [7, 11) is 0. The molecule has 0 aromatic carbocycles. The number of carbonyl (C=O) groups excluding carboxylic acids is 1. The van der Waals surface area contributed by atoms with Crippen molar-refractivity contribution >= 4 is 5.97 Å². The molecule has 66 valence electrons. The number of quaternary nitrogens is 1. The molecule has 0 radical (unpaired) electrons. The molecule has 0 saturated carbocycles. The third-order valence-corrected chi connectivity index (χ3v) is 1.92. The first-order chi connectivity index (χ1) is 5.13. The van der Waals surface area contributed by atoms with Gasteiger partial charge in [-0.15, -0.1) is 0 Å². The zero-order valence-electron chi connectivity index (χ0n) is 7.59. The van der Waals surface area contributed by atoms with Crippen molar-refractivity contribution in [3.05, 3.63) is 0 Å². The van der Waals surface area contributed by atoms with Gasteiger partial charge in [0.2, 0.25) is 0 Å². The van der Waals surface area contributed by atoms with Crippen LogP contribution in [0.15, 0.2) is 0 Å². The first kappa shape index (κ1) is 10.4. The van der Waals surface area contributed by atoms with Crippen LogP contribution in [0.5, 0.6) is 0 Å². The summed E-state index contributed by atoms with van der Waals surface area (Å²) < 4.78 is 4.83. The Morgan fingerprint density at radius 1 is 1.55 bits per heavy atom. The fraction of sp³-hybridized carbons (Fsp3) is 0.875. The molecule has 0 fully saturated rings. The fourth-order valence-corrected chi connectivity index (χ4v) is 0.766. The summed E-state index contributed by atoms with van der Waals surface area (Å²) in [5.74, 6) is 0.135. The number of hydrogen-bond donors (Lipinski definition) is 1. The SMILES string of the molecule is CCOC(=O)[C@@H]([NH3+])[C@@H](C)CC. The second kappa shape index (κ2) is 5.13. The van der Waals surface area contributed by atoms with Crippen LogP contribution >= 0.6 is 0 Å². The monoisotopic (exact) mass is 160 g/mol. The lowest BCUT2D eigenvalue weighted by Crippen LogP contribution is -2.68. The van der Waals surface area contributed by atoms with Gasteiger partial charge in [-0.25, -0.2) is 4.79 Å². The Labute approximate surface area is 67.9 Å². The van der Waals surface area contributed by atoms with Gasteiger partial charge in [0.25, 0.3) is 0 Å². The van der Waals surface area contributed by atoms with E-state index in [1.165, 1.54) is 0 Å². The van der Waals surface area contributed by atoms with Gasteiger partial charge in [-0.1, -0.05) is 13.8 Å². The Kier molecular flexibility index (Phi) is 4.86. The van der Waals surface area contributed by atoms with Crippen molar-refractivity contribution in [2.75, 3.05) is 6.61 Å². The molecule has 0 heterocycles. The molecule has 0 unspecified atom stereocenters. The molecule has 0 aliphatic rings. The molecule has 3 N–H and O–H groups in total. The van der Waals surface area contributed by atoms with Crippen molar-refractivity contribution in [1.82, 2.24) is 0 Å². The number of ether oxygens (including phenoxy) is 1. The molecule has 3 nitrogen and oxygen atoms in total. The van der Waals surface area contributed by atoms with Crippen LogP contribution < -0.4 is 5.73 Å². The third kappa shape index (κ3) is 3.37. The standard InChI is InChI=1S/C8H17NO2/c1-4-6(3)7(9)8(10)11-5-2/h6-7H,4-5,9H2,1-3H3/p+1/t6-,7-/m0/s1. The highest BCUT2D eigenvalue weighted by molar-refractivity contribution is 5.74. The van der Waals surface area contributed by atoms with Gasteiger partial charge in [-0.3, -0.25) is 0 Å². The van der Waals surface area contributed by atoms with Gasteiger partial charge in [0.15, 0.2) is 6.04 Å². The van der Waals surface area contributed by atoms with E-state index in [0.717, 1.165) is 6.42 Å². The van der Waals surface area contributed by atoms with E-state index in [0.29, 0.717) is 12.5 Å². The second-order valence-corrected chi connectivity index (χ2v) is 2.74. The Morgan fingerprint density at radius 2 is 2.09 bits per heavy atom. The Hall–Kier alpha value is -0.570. The Balaban J connectivity index is 3.80. The van der Waals surface area contributed by atoms with Crippen LogP contribution in [0.1, 0.15) is 27.2 Å². The molecule has 0 amide bonds. The van der Waals surface area contributed by atoms with Crippen molar-refractivity contribution in [2.24, 2.45) is 5.92 Å². The van der Waals surface area contributed by atoms with E-state index in [1.54, 1.807) is 6.92 Å². The molecular weight excluding hydrogens is 142 g/mol. The first-order valence-corrected chi connectivity index (χ1v) is 4.13. The Morgan fingerprint density at radius 3 is 2.45 bits per heavy atom. The smallest absolute Gasteiger partial charge is 0.365 e. The summed E-state index contributed by atoms with van der Waals surface area (Å²) in [5.41, 5.74) is 3.75. The first-order valence-electron chi connectivity index (χ1n) is 4.13. The molecule has 0 spiro atoms. The Bertz CT molecular complexity index is 125. The number of carbonyl (C=O) groups is 1. The van der Waals surface area contributed by atoms with Gasteiger partial charge in [-0.2, -0.15) is 0 Å². The van der Waals surface area contributed by atoms with Crippen LogP contribution in [0, 0.1) is 5.92 Å². The average Bonchev–Trinajstić information content (AvgIpc) is 2.02. The van der Waals surface area contributed by atoms with Crippen LogP contribution in [0.4, 0.5) is 0 Å². The van der Waals surface area contributed by atoms with Crippen molar-refractivity contribution < 1.29 is 15.3 Å². The lowest BCUT2D eigenvalue weighted by Gasteiger charge is -2.12. The molecule has 0 aliphatic carbocycles. The summed E-state index contributed by atoms with van der Waals surface area (Å²) in [5, 5.41) is 0. The third-order valence-electron chi connectivity index (χ3n) is 1.92. The molecular formula is C8H18NO2+. The van der Waals surface area contributed by atoms with Gasteiger partial charge in [0.1, 0.15) is 0 Å². The van der Waals surface area contributed by atoms with E-state index in [1.807, 2.05) is 13.8 Å². The predicted octanol–water partition coefficient (Wildman–Crippen LogP) is 0.206. The number of hydrogen-bond acceptors (Lipinski definition) is 2. The topological polar surface area (TPSA) is 53.9 Å². The van der Waals surface area contributed by atoms with Crippen LogP contribution in [0.25, 0.3) is 0 Å². The number of rotatable bonds is 4. The lowest BCUT2D eigenvalue weighted by molar-refractivity contribution is -0.420. The molecule has 11 heavy (non-hydrogen) atoms. The number of esters is 1. The summed E-state index contributed by atoms with van der Waals surface area (Å²) in [4.78, 5) is 11.1. The summed E-state index contributed by atoms with van der Waals surface area (Å²) in [6.45, 7) is 6.30. The summed E-state index contributed by atoms with van der Waals surface area (Å²) >= 11 is 0. The molecule has 0 aromatic rings. The van der Waals surface area contributed by atoms with Crippen molar-refractivity contribution in [1.29, 1.82) is 0 Å². The zero-order chi connectivity index (χ0) is 8.85. The van der Waals surface area contributed by atoms with Gasteiger partial charge in [0, 0.05) is 5.92 Å². The van der Waals surface area contributed by atoms with Crippen LogP contribution in [0.2, 0.25) is 0 Å². The van der Waals surface area contributed by atoms with Crippen molar-refractivity contribution in [2.45, 2.75) is 33.2 Å². The van der Waals surface area contributed by atoms with E-state index in [-0.39, 0.29) is 12.0 Å². The van der Waals surface area contributed by atoms with Gasteiger partial charge < -0.3 is 10.5 Å². The maximum absolute atomic E-state index is 11.1. The molecule has 0 rings (SSSR count). The summed E-state index contributed by atoms with van der Waals surface area (Å²) in [6.07, 6.45) is 0.965. The van der Waals surface area contributed by atoms with Crippen LogP contribution in [-0.4, -0.2) is 18.6 Å². The van der Waals surface area contributed by atoms with Gasteiger partial charge in [0.05, 0.1) is 6.61 Å². The highest BCUT2D eigenvalue weighted by Crippen LogP contribution is 2.04. The van der Waals surface area contributed by atoms with E-state index in [4.69, 9.17) is 4.74 Å². The predicted molar refractivity (Wildman–Crippen MR) is 42.8 cm³/mol. The summed E-state index contributed by atoms with van der Waals surface area (Å²) in [6, 6.07) is -0.208. The fourth-order valence-electron chi connectivity index (χ4n) is 0.766. The van der Waals surface area contributed by atoms with E-state index < -0.39 is 0 Å². The molecule has 0 bridgehead atoms. The average molecular weight is 160 g/mol. The van der Waals surface area contributed by atoms with Crippen molar-refractivity contribution in [3.63, 3.8) is 0 Å². The quantitative estimate of drug-likeness (QED) is 0.597. The van der Waals surface area contributed by atoms with Gasteiger partial charge in [-0.05, 0) is 13.3 Å². The minimum Gasteiger partial charge on any atom is -0.462 e. The molecule has 0 aromatic heterocycles. The largest absolute Gasteiger partial charge is 0.462 e. The molecule has 2 atom stereocenters. The maximum atomic E-state index is 11.1. The minimum absolute atomic E-state index is 0.179. The van der Waals surface area contributed by atoms with E-state index in [9.17, 15) is 4.79 Å². The zero-order valence-corrected chi connectivity index (χ0v) is 7.59. The van der Waals surface area contributed by atoms with Crippen LogP contribution in [0.3, 0.4) is 0 Å². The lowest BCUT2D eigenvalue weighted by atomic mass is 10.0. The maximum Gasteiger partial charge on any atom is 0.365 e.